The standard InChI is InChI=1S/C14H14O5/c1-16-12-6-5-10(19-9-14(15)17-2)8-11(12)13-4-3-7-18-13/h3-8H,9H2,1-2H3. The first-order valence-electron chi connectivity index (χ1n) is 5.66. The highest BCUT2D eigenvalue weighted by molar-refractivity contribution is 5.71. The zero-order valence-corrected chi connectivity index (χ0v) is 10.7. The average Bonchev–Trinajstić information content (AvgIpc) is 2.98. The fourth-order valence-electron chi connectivity index (χ4n) is 1.60. The largest absolute Gasteiger partial charge is 0.496 e. The lowest BCUT2D eigenvalue weighted by Gasteiger charge is -2.09. The highest BCUT2D eigenvalue weighted by Gasteiger charge is 2.11. The molecule has 0 aliphatic carbocycles. The van der Waals surface area contributed by atoms with Gasteiger partial charge in [0.25, 0.3) is 0 Å². The van der Waals surface area contributed by atoms with Crippen LogP contribution in [-0.4, -0.2) is 26.8 Å². The number of carbonyl (C=O) groups is 1. The van der Waals surface area contributed by atoms with Crippen molar-refractivity contribution in [2.75, 3.05) is 20.8 Å². The molecule has 0 bridgehead atoms. The van der Waals surface area contributed by atoms with E-state index < -0.39 is 5.97 Å². The van der Waals surface area contributed by atoms with E-state index >= 15 is 0 Å². The monoisotopic (exact) mass is 262 g/mol. The molecular formula is C14H14O5. The first kappa shape index (κ1) is 13.0. The summed E-state index contributed by atoms with van der Waals surface area (Å²) < 4.78 is 20.4. The Labute approximate surface area is 110 Å². The van der Waals surface area contributed by atoms with Gasteiger partial charge in [-0.2, -0.15) is 0 Å². The van der Waals surface area contributed by atoms with Crippen LogP contribution in [0.15, 0.2) is 41.0 Å². The summed E-state index contributed by atoms with van der Waals surface area (Å²) in [5.74, 6) is 1.44. The first-order chi connectivity index (χ1) is 9.24. The van der Waals surface area contributed by atoms with Crippen LogP contribution >= 0.6 is 0 Å². The normalized spacial score (nSPS) is 10.0. The van der Waals surface area contributed by atoms with Crippen molar-refractivity contribution in [2.45, 2.75) is 0 Å². The van der Waals surface area contributed by atoms with Crippen molar-refractivity contribution in [1.82, 2.24) is 0 Å². The maximum absolute atomic E-state index is 11.0. The summed E-state index contributed by atoms with van der Waals surface area (Å²) in [6.45, 7) is -0.138. The Morgan fingerprint density at radius 2 is 2.11 bits per heavy atom. The molecule has 2 rings (SSSR count). The average molecular weight is 262 g/mol. The van der Waals surface area contributed by atoms with Gasteiger partial charge < -0.3 is 18.6 Å². The molecule has 5 nitrogen and oxygen atoms in total. The molecule has 19 heavy (non-hydrogen) atoms. The minimum Gasteiger partial charge on any atom is -0.496 e. The second-order valence-electron chi connectivity index (χ2n) is 3.70. The van der Waals surface area contributed by atoms with Crippen LogP contribution in [0, 0.1) is 0 Å². The summed E-state index contributed by atoms with van der Waals surface area (Å²) in [5, 5.41) is 0. The van der Waals surface area contributed by atoms with E-state index in [0.29, 0.717) is 17.3 Å². The number of rotatable bonds is 5. The van der Waals surface area contributed by atoms with Gasteiger partial charge in [-0.1, -0.05) is 0 Å². The van der Waals surface area contributed by atoms with Crippen LogP contribution in [0.4, 0.5) is 0 Å². The third kappa shape index (κ3) is 3.07. The van der Waals surface area contributed by atoms with Gasteiger partial charge in [0.2, 0.25) is 0 Å². The number of hydrogen-bond donors (Lipinski definition) is 0. The van der Waals surface area contributed by atoms with Crippen LogP contribution in [-0.2, 0) is 9.53 Å². The molecule has 0 spiro atoms. The minimum absolute atomic E-state index is 0.138. The van der Waals surface area contributed by atoms with Crippen LogP contribution in [0.5, 0.6) is 11.5 Å². The Balaban J connectivity index is 2.23. The van der Waals surface area contributed by atoms with E-state index in [1.165, 1.54) is 7.11 Å². The van der Waals surface area contributed by atoms with Crippen LogP contribution in [0.25, 0.3) is 11.3 Å². The molecule has 0 radical (unpaired) electrons. The molecule has 0 amide bonds. The van der Waals surface area contributed by atoms with E-state index in [4.69, 9.17) is 13.9 Å². The second kappa shape index (κ2) is 5.95. The Bertz CT molecular complexity index is 545. The van der Waals surface area contributed by atoms with Gasteiger partial charge in [0.1, 0.15) is 17.3 Å². The van der Waals surface area contributed by atoms with E-state index in [2.05, 4.69) is 4.74 Å². The van der Waals surface area contributed by atoms with Gasteiger partial charge in [-0.05, 0) is 30.3 Å². The summed E-state index contributed by atoms with van der Waals surface area (Å²) >= 11 is 0. The molecule has 1 heterocycles. The second-order valence-corrected chi connectivity index (χ2v) is 3.70. The molecule has 5 heteroatoms. The number of ether oxygens (including phenoxy) is 3. The van der Waals surface area contributed by atoms with Crippen molar-refractivity contribution in [3.05, 3.63) is 36.6 Å². The van der Waals surface area contributed by atoms with Crippen LogP contribution in [0.3, 0.4) is 0 Å². The van der Waals surface area contributed by atoms with Gasteiger partial charge in [0, 0.05) is 0 Å². The third-order valence-corrected chi connectivity index (χ3v) is 2.54. The minimum atomic E-state index is -0.435. The van der Waals surface area contributed by atoms with Crippen LogP contribution in [0.2, 0.25) is 0 Å². The van der Waals surface area contributed by atoms with Crippen molar-refractivity contribution in [3.8, 4) is 22.8 Å². The van der Waals surface area contributed by atoms with E-state index in [9.17, 15) is 4.79 Å². The molecule has 0 aliphatic rings. The third-order valence-electron chi connectivity index (χ3n) is 2.54. The van der Waals surface area contributed by atoms with Gasteiger partial charge in [0.15, 0.2) is 6.61 Å². The molecule has 0 fully saturated rings. The highest BCUT2D eigenvalue weighted by atomic mass is 16.6. The SMILES string of the molecule is COC(=O)COc1ccc(OC)c(-c2ccco2)c1. The lowest BCUT2D eigenvalue weighted by molar-refractivity contribution is -0.142. The van der Waals surface area contributed by atoms with Gasteiger partial charge in [0.05, 0.1) is 26.0 Å². The lowest BCUT2D eigenvalue weighted by Crippen LogP contribution is -2.12. The molecule has 0 atom stereocenters. The van der Waals surface area contributed by atoms with Gasteiger partial charge in [-0.15, -0.1) is 0 Å². The Kier molecular flexibility index (Phi) is 4.07. The lowest BCUT2D eigenvalue weighted by atomic mass is 10.1. The first-order valence-corrected chi connectivity index (χ1v) is 5.66. The Morgan fingerprint density at radius 3 is 2.74 bits per heavy atom. The van der Waals surface area contributed by atoms with Gasteiger partial charge >= 0.3 is 5.97 Å². The zero-order chi connectivity index (χ0) is 13.7. The number of hydrogen-bond acceptors (Lipinski definition) is 5. The van der Waals surface area contributed by atoms with Crippen molar-refractivity contribution in [2.24, 2.45) is 0 Å². The smallest absolute Gasteiger partial charge is 0.343 e. The van der Waals surface area contributed by atoms with Gasteiger partial charge in [-0.25, -0.2) is 4.79 Å². The molecule has 0 N–H and O–H groups in total. The predicted octanol–water partition coefficient (Wildman–Crippen LogP) is 2.51. The Morgan fingerprint density at radius 1 is 1.26 bits per heavy atom. The number of methoxy groups -OCH3 is 2. The zero-order valence-electron chi connectivity index (χ0n) is 10.7. The summed E-state index contributed by atoms with van der Waals surface area (Å²) in [6.07, 6.45) is 1.58. The molecule has 1 aromatic carbocycles. The fraction of sp³-hybridized carbons (Fsp3) is 0.214. The van der Waals surface area contributed by atoms with E-state index in [-0.39, 0.29) is 6.61 Å². The molecule has 2 aromatic rings. The number of esters is 1. The maximum atomic E-state index is 11.0. The van der Waals surface area contributed by atoms with Crippen molar-refractivity contribution < 1.29 is 23.4 Å². The number of benzene rings is 1. The van der Waals surface area contributed by atoms with Crippen molar-refractivity contribution in [3.63, 3.8) is 0 Å². The summed E-state index contributed by atoms with van der Waals surface area (Å²) in [5.41, 5.74) is 0.759. The highest BCUT2D eigenvalue weighted by Crippen LogP contribution is 2.33. The van der Waals surface area contributed by atoms with E-state index in [1.54, 1.807) is 37.6 Å². The Hall–Kier alpha value is -2.43. The van der Waals surface area contributed by atoms with E-state index in [1.807, 2.05) is 6.07 Å². The van der Waals surface area contributed by atoms with Crippen molar-refractivity contribution >= 4 is 5.97 Å². The van der Waals surface area contributed by atoms with E-state index in [0.717, 1.165) is 5.56 Å². The molecule has 0 saturated heterocycles. The fourth-order valence-corrected chi connectivity index (χ4v) is 1.60. The molecule has 100 valence electrons. The maximum Gasteiger partial charge on any atom is 0.343 e. The van der Waals surface area contributed by atoms with Crippen molar-refractivity contribution in [1.29, 1.82) is 0 Å². The number of furan rings is 1. The predicted molar refractivity (Wildman–Crippen MR) is 68.2 cm³/mol. The molecule has 0 unspecified atom stereocenters. The molecule has 1 aromatic heterocycles. The molecule has 0 saturated carbocycles. The summed E-state index contributed by atoms with van der Waals surface area (Å²) in [7, 11) is 2.89. The summed E-state index contributed by atoms with van der Waals surface area (Å²) in [4.78, 5) is 11.0. The molecular weight excluding hydrogens is 248 g/mol. The quantitative estimate of drug-likeness (QED) is 0.775. The van der Waals surface area contributed by atoms with Crippen LogP contribution in [0.1, 0.15) is 0 Å². The topological polar surface area (TPSA) is 57.9 Å². The molecule has 0 aliphatic heterocycles. The van der Waals surface area contributed by atoms with Gasteiger partial charge in [-0.3, -0.25) is 0 Å². The van der Waals surface area contributed by atoms with Crippen LogP contribution < -0.4 is 9.47 Å². The summed E-state index contributed by atoms with van der Waals surface area (Å²) in [6, 6.07) is 8.83. The number of carbonyl (C=O) groups excluding carboxylic acids is 1.